The largest absolute Gasteiger partial charge is 0.481 e. The van der Waals surface area contributed by atoms with E-state index < -0.39 is 5.97 Å². The Bertz CT molecular complexity index is 414. The fourth-order valence-corrected chi connectivity index (χ4v) is 1.31. The van der Waals surface area contributed by atoms with Crippen LogP contribution in [0.15, 0.2) is 12.4 Å². The summed E-state index contributed by atoms with van der Waals surface area (Å²) in [5.74, 6) is -1.08. The zero-order valence-corrected chi connectivity index (χ0v) is 10.6. The van der Waals surface area contributed by atoms with Crippen LogP contribution in [0.2, 0.25) is 0 Å². The molecule has 0 saturated heterocycles. The van der Waals surface area contributed by atoms with Crippen LogP contribution in [0.5, 0.6) is 0 Å². The highest BCUT2D eigenvalue weighted by Crippen LogP contribution is 1.98. The van der Waals surface area contributed by atoms with Gasteiger partial charge in [-0.05, 0) is 14.1 Å². The lowest BCUT2D eigenvalue weighted by Gasteiger charge is -2.09. The molecule has 0 saturated carbocycles. The topological polar surface area (TPSA) is 87.5 Å². The van der Waals surface area contributed by atoms with E-state index in [1.54, 1.807) is 6.20 Å². The molecule has 2 N–H and O–H groups in total. The maximum atomic E-state index is 11.7. The van der Waals surface area contributed by atoms with E-state index in [4.69, 9.17) is 5.11 Å². The summed E-state index contributed by atoms with van der Waals surface area (Å²) in [6.07, 6.45) is 2.98. The molecule has 0 aliphatic rings. The average molecular weight is 254 g/mol. The first-order valence-electron chi connectivity index (χ1n) is 5.66. The zero-order valence-electron chi connectivity index (χ0n) is 10.6. The van der Waals surface area contributed by atoms with Gasteiger partial charge in [0.15, 0.2) is 0 Å². The van der Waals surface area contributed by atoms with Gasteiger partial charge in [-0.1, -0.05) is 0 Å². The van der Waals surface area contributed by atoms with E-state index in [0.29, 0.717) is 12.1 Å². The predicted octanol–water partition coefficient (Wildman–Crippen LogP) is -0.351. The summed E-state index contributed by atoms with van der Waals surface area (Å²) >= 11 is 0. The number of likely N-dealkylation sites (N-methyl/N-ethyl adjacent to an activating group) is 1. The lowest BCUT2D eigenvalue weighted by molar-refractivity contribution is -0.137. The van der Waals surface area contributed by atoms with E-state index >= 15 is 0 Å². The normalized spacial score (nSPS) is 10.6. The highest BCUT2D eigenvalue weighted by molar-refractivity contribution is 5.93. The van der Waals surface area contributed by atoms with Gasteiger partial charge >= 0.3 is 5.97 Å². The van der Waals surface area contributed by atoms with Crippen molar-refractivity contribution in [1.82, 2.24) is 20.0 Å². The predicted molar refractivity (Wildman–Crippen MR) is 65.4 cm³/mol. The maximum Gasteiger partial charge on any atom is 0.305 e. The molecule has 0 spiro atoms. The number of carbonyl (C=O) groups is 2. The highest BCUT2D eigenvalue weighted by Gasteiger charge is 2.08. The van der Waals surface area contributed by atoms with Crippen LogP contribution >= 0.6 is 0 Å². The first-order chi connectivity index (χ1) is 8.49. The van der Waals surface area contributed by atoms with Crippen LogP contribution in [-0.2, 0) is 11.3 Å². The Balaban J connectivity index is 2.41. The standard InChI is InChI=1S/C11H18N4O3/c1-14(2)6-4-12-11(18)9-7-13-15(8-9)5-3-10(16)17/h7-8H,3-6H2,1-2H3,(H,12,18)(H,16,17). The van der Waals surface area contributed by atoms with Crippen molar-refractivity contribution in [2.45, 2.75) is 13.0 Å². The number of amides is 1. The molecule has 0 fully saturated rings. The Hall–Kier alpha value is -1.89. The van der Waals surface area contributed by atoms with Crippen molar-refractivity contribution in [1.29, 1.82) is 0 Å². The summed E-state index contributed by atoms with van der Waals surface area (Å²) in [5.41, 5.74) is 0.444. The lowest BCUT2D eigenvalue weighted by atomic mass is 10.3. The number of hydrogen-bond acceptors (Lipinski definition) is 4. The quantitative estimate of drug-likeness (QED) is 0.694. The Morgan fingerprint density at radius 1 is 1.50 bits per heavy atom. The minimum atomic E-state index is -0.887. The molecular weight excluding hydrogens is 236 g/mol. The van der Waals surface area contributed by atoms with Crippen molar-refractivity contribution in [3.8, 4) is 0 Å². The molecule has 1 rings (SSSR count). The molecule has 7 heteroatoms. The number of hydrogen-bond donors (Lipinski definition) is 2. The van der Waals surface area contributed by atoms with Crippen LogP contribution in [0.1, 0.15) is 16.8 Å². The molecule has 0 aliphatic carbocycles. The van der Waals surface area contributed by atoms with Crippen LogP contribution in [0.25, 0.3) is 0 Å². The average Bonchev–Trinajstić information content (AvgIpc) is 2.74. The van der Waals surface area contributed by atoms with Crippen LogP contribution in [0.4, 0.5) is 0 Å². The summed E-state index contributed by atoms with van der Waals surface area (Å²) in [7, 11) is 3.85. The van der Waals surface area contributed by atoms with Crippen molar-refractivity contribution in [2.75, 3.05) is 27.2 Å². The zero-order chi connectivity index (χ0) is 13.5. The van der Waals surface area contributed by atoms with Gasteiger partial charge in [-0.15, -0.1) is 0 Å². The van der Waals surface area contributed by atoms with Crippen LogP contribution in [-0.4, -0.2) is 58.8 Å². The van der Waals surface area contributed by atoms with Crippen molar-refractivity contribution in [3.05, 3.63) is 18.0 Å². The number of nitrogens with zero attached hydrogens (tertiary/aromatic N) is 3. The van der Waals surface area contributed by atoms with E-state index in [0.717, 1.165) is 6.54 Å². The fraction of sp³-hybridized carbons (Fsp3) is 0.545. The summed E-state index contributed by atoms with van der Waals surface area (Å²) in [4.78, 5) is 24.0. The Labute approximate surface area is 105 Å². The van der Waals surface area contributed by atoms with E-state index in [1.165, 1.54) is 10.9 Å². The number of carboxylic acid groups (broad SMARTS) is 1. The number of aryl methyl sites for hydroxylation is 1. The molecule has 18 heavy (non-hydrogen) atoms. The lowest BCUT2D eigenvalue weighted by Crippen LogP contribution is -2.31. The monoisotopic (exact) mass is 254 g/mol. The van der Waals surface area contributed by atoms with Gasteiger partial charge in [0, 0.05) is 19.3 Å². The third kappa shape index (κ3) is 4.96. The fourth-order valence-electron chi connectivity index (χ4n) is 1.31. The second-order valence-electron chi connectivity index (χ2n) is 4.19. The number of carboxylic acids is 1. The van der Waals surface area contributed by atoms with E-state index in [2.05, 4.69) is 10.4 Å². The highest BCUT2D eigenvalue weighted by atomic mass is 16.4. The summed E-state index contributed by atoms with van der Waals surface area (Å²) in [6.45, 7) is 1.59. The second kappa shape index (κ2) is 6.75. The molecule has 100 valence electrons. The van der Waals surface area contributed by atoms with Crippen molar-refractivity contribution in [2.24, 2.45) is 0 Å². The van der Waals surface area contributed by atoms with Crippen molar-refractivity contribution >= 4 is 11.9 Å². The Kier molecular flexibility index (Phi) is 5.31. The van der Waals surface area contributed by atoms with Gasteiger partial charge in [0.1, 0.15) is 0 Å². The summed E-state index contributed by atoms with van der Waals surface area (Å²) < 4.78 is 1.45. The van der Waals surface area contributed by atoms with Gasteiger partial charge in [0.2, 0.25) is 0 Å². The third-order valence-corrected chi connectivity index (χ3v) is 2.29. The van der Waals surface area contributed by atoms with Crippen LogP contribution in [0.3, 0.4) is 0 Å². The molecule has 1 aromatic heterocycles. The van der Waals surface area contributed by atoms with Gasteiger partial charge < -0.3 is 15.3 Å². The van der Waals surface area contributed by atoms with E-state index in [9.17, 15) is 9.59 Å². The molecule has 0 atom stereocenters. The number of rotatable bonds is 7. The smallest absolute Gasteiger partial charge is 0.305 e. The van der Waals surface area contributed by atoms with E-state index in [-0.39, 0.29) is 18.9 Å². The van der Waals surface area contributed by atoms with E-state index in [1.807, 2.05) is 19.0 Å². The van der Waals surface area contributed by atoms with Gasteiger partial charge in [0.25, 0.3) is 5.91 Å². The first-order valence-corrected chi connectivity index (χ1v) is 5.66. The molecule has 1 heterocycles. The Morgan fingerprint density at radius 2 is 2.22 bits per heavy atom. The van der Waals surface area contributed by atoms with Gasteiger partial charge in [-0.2, -0.15) is 5.10 Å². The van der Waals surface area contributed by atoms with Gasteiger partial charge in [-0.3, -0.25) is 14.3 Å². The Morgan fingerprint density at radius 3 is 2.83 bits per heavy atom. The minimum absolute atomic E-state index is 0.0105. The molecule has 0 radical (unpaired) electrons. The second-order valence-corrected chi connectivity index (χ2v) is 4.19. The van der Waals surface area contributed by atoms with Crippen molar-refractivity contribution in [3.63, 3.8) is 0 Å². The maximum absolute atomic E-state index is 11.7. The summed E-state index contributed by atoms with van der Waals surface area (Å²) in [6, 6.07) is 0. The molecule has 0 aliphatic heterocycles. The molecule has 0 aromatic carbocycles. The number of carbonyl (C=O) groups excluding carboxylic acids is 1. The number of aromatic nitrogens is 2. The van der Waals surface area contributed by atoms with Gasteiger partial charge in [0.05, 0.1) is 24.7 Å². The first kappa shape index (κ1) is 14.2. The SMILES string of the molecule is CN(C)CCNC(=O)c1cnn(CCC(=O)O)c1. The van der Waals surface area contributed by atoms with Crippen LogP contribution < -0.4 is 5.32 Å². The number of aliphatic carboxylic acids is 1. The summed E-state index contributed by atoms with van der Waals surface area (Å²) in [5, 5.41) is 15.2. The van der Waals surface area contributed by atoms with Gasteiger partial charge in [-0.25, -0.2) is 0 Å². The molecule has 0 bridgehead atoms. The number of nitrogens with one attached hydrogen (secondary N) is 1. The van der Waals surface area contributed by atoms with Crippen molar-refractivity contribution < 1.29 is 14.7 Å². The molecule has 0 unspecified atom stereocenters. The third-order valence-electron chi connectivity index (χ3n) is 2.29. The molecule has 1 amide bonds. The minimum Gasteiger partial charge on any atom is -0.481 e. The molecule has 7 nitrogen and oxygen atoms in total. The molecular formula is C11H18N4O3. The van der Waals surface area contributed by atoms with Crippen LogP contribution in [0, 0.1) is 0 Å². The molecule has 1 aromatic rings.